The average molecular weight is 272 g/mol. The molecule has 0 heterocycles. The summed E-state index contributed by atoms with van der Waals surface area (Å²) in [6, 6.07) is 4.53. The van der Waals surface area contributed by atoms with Gasteiger partial charge in [-0.3, -0.25) is 4.79 Å². The molecule has 0 bridgehead atoms. The largest absolute Gasteiger partial charge is 0.462 e. The second-order valence-corrected chi connectivity index (χ2v) is 3.73. The molecule has 0 aliphatic heterocycles. The summed E-state index contributed by atoms with van der Waals surface area (Å²) in [5.41, 5.74) is 5.69. The summed E-state index contributed by atoms with van der Waals surface area (Å²) in [6.07, 6.45) is 0. The normalized spacial score (nSPS) is 9.73. The van der Waals surface area contributed by atoms with E-state index in [1.54, 1.807) is 19.1 Å². The molecule has 1 aromatic rings. The highest BCUT2D eigenvalue weighted by Gasteiger charge is 2.10. The summed E-state index contributed by atoms with van der Waals surface area (Å²) in [5.74, 6) is -1.05. The topological polar surface area (TPSA) is 69.4 Å². The molecule has 0 spiro atoms. The smallest absolute Gasteiger partial charge is 0.338 e. The first-order valence-corrected chi connectivity index (χ1v) is 5.11. The van der Waals surface area contributed by atoms with E-state index in [-0.39, 0.29) is 12.2 Å². The van der Waals surface area contributed by atoms with Gasteiger partial charge in [0.15, 0.2) is 0 Å². The minimum absolute atomic E-state index is 0.271. The van der Waals surface area contributed by atoms with E-state index in [0.29, 0.717) is 10.0 Å². The fraction of sp³-hybridized carbons (Fsp3) is 0.200. The molecule has 4 nitrogen and oxygen atoms in total. The van der Waals surface area contributed by atoms with Gasteiger partial charge >= 0.3 is 5.97 Å². The molecule has 1 rings (SSSR count). The number of benzene rings is 1. The number of ether oxygens (including phenoxy) is 1. The van der Waals surface area contributed by atoms with E-state index in [0.717, 1.165) is 0 Å². The van der Waals surface area contributed by atoms with E-state index < -0.39 is 11.9 Å². The Balaban J connectivity index is 3.09. The van der Waals surface area contributed by atoms with Crippen molar-refractivity contribution in [3.05, 3.63) is 33.8 Å². The summed E-state index contributed by atoms with van der Waals surface area (Å²) < 4.78 is 5.42. The second kappa shape index (κ2) is 4.93. The van der Waals surface area contributed by atoms with Crippen LogP contribution >= 0.6 is 15.9 Å². The first-order valence-electron chi connectivity index (χ1n) is 4.32. The number of rotatable bonds is 3. The molecule has 0 atom stereocenters. The molecule has 0 aliphatic carbocycles. The fourth-order valence-corrected chi connectivity index (χ4v) is 1.56. The van der Waals surface area contributed by atoms with E-state index in [1.165, 1.54) is 6.07 Å². The van der Waals surface area contributed by atoms with Crippen LogP contribution in [0.4, 0.5) is 0 Å². The zero-order valence-electron chi connectivity index (χ0n) is 8.12. The lowest BCUT2D eigenvalue weighted by Crippen LogP contribution is -2.13. The molecule has 15 heavy (non-hydrogen) atoms. The van der Waals surface area contributed by atoms with E-state index in [2.05, 4.69) is 15.9 Å². The Kier molecular flexibility index (Phi) is 3.85. The van der Waals surface area contributed by atoms with Crippen LogP contribution in [0.1, 0.15) is 27.6 Å². The number of carbonyl (C=O) groups excluding carboxylic acids is 2. The van der Waals surface area contributed by atoms with Crippen LogP contribution in [-0.2, 0) is 4.74 Å². The van der Waals surface area contributed by atoms with Gasteiger partial charge in [0.25, 0.3) is 0 Å². The van der Waals surface area contributed by atoms with Gasteiger partial charge in [-0.15, -0.1) is 0 Å². The van der Waals surface area contributed by atoms with Crippen LogP contribution in [0.25, 0.3) is 0 Å². The molecular formula is C10H10BrNO3. The van der Waals surface area contributed by atoms with Crippen molar-refractivity contribution in [1.29, 1.82) is 0 Å². The number of primary amides is 1. The van der Waals surface area contributed by atoms with Gasteiger partial charge in [0.1, 0.15) is 0 Å². The number of esters is 1. The highest BCUT2D eigenvalue weighted by molar-refractivity contribution is 9.10. The Hall–Kier alpha value is -1.36. The van der Waals surface area contributed by atoms with Crippen molar-refractivity contribution in [2.24, 2.45) is 5.73 Å². The fourth-order valence-electron chi connectivity index (χ4n) is 1.06. The maximum atomic E-state index is 11.4. The third-order valence-corrected chi connectivity index (χ3v) is 2.15. The van der Waals surface area contributed by atoms with Crippen LogP contribution in [0.15, 0.2) is 22.7 Å². The van der Waals surface area contributed by atoms with Crippen LogP contribution in [0.3, 0.4) is 0 Å². The van der Waals surface area contributed by atoms with Crippen LogP contribution in [-0.4, -0.2) is 18.5 Å². The number of halogens is 1. The minimum atomic E-state index is -0.582. The molecule has 1 amide bonds. The highest BCUT2D eigenvalue weighted by Crippen LogP contribution is 2.16. The third kappa shape index (κ3) is 3.06. The van der Waals surface area contributed by atoms with Gasteiger partial charge in [-0.05, 0) is 25.1 Å². The molecule has 0 aliphatic rings. The van der Waals surface area contributed by atoms with Crippen molar-refractivity contribution in [1.82, 2.24) is 0 Å². The van der Waals surface area contributed by atoms with Crippen LogP contribution in [0.5, 0.6) is 0 Å². The van der Waals surface area contributed by atoms with Gasteiger partial charge in [0.2, 0.25) is 5.91 Å². The van der Waals surface area contributed by atoms with Crippen LogP contribution < -0.4 is 5.73 Å². The zero-order chi connectivity index (χ0) is 11.4. The first kappa shape index (κ1) is 11.7. The monoisotopic (exact) mass is 271 g/mol. The summed E-state index contributed by atoms with van der Waals surface area (Å²) in [6.45, 7) is 2.00. The van der Waals surface area contributed by atoms with E-state index in [4.69, 9.17) is 10.5 Å². The molecular weight excluding hydrogens is 262 g/mol. The number of amides is 1. The number of nitrogens with two attached hydrogens (primary N) is 1. The maximum absolute atomic E-state index is 11.4. The van der Waals surface area contributed by atoms with E-state index in [9.17, 15) is 9.59 Å². The van der Waals surface area contributed by atoms with Crippen molar-refractivity contribution in [3.63, 3.8) is 0 Å². The zero-order valence-corrected chi connectivity index (χ0v) is 9.71. The summed E-state index contributed by atoms with van der Waals surface area (Å²) >= 11 is 3.19. The van der Waals surface area contributed by atoms with Gasteiger partial charge < -0.3 is 10.5 Å². The standard InChI is InChI=1S/C10H10BrNO3/c1-2-15-10(14)7-3-6(9(12)13)4-8(11)5-7/h3-5H,2H2,1H3,(H2,12,13). The Morgan fingerprint density at radius 2 is 1.93 bits per heavy atom. The molecule has 80 valence electrons. The van der Waals surface area contributed by atoms with Crippen LogP contribution in [0, 0.1) is 0 Å². The van der Waals surface area contributed by atoms with Gasteiger partial charge in [-0.2, -0.15) is 0 Å². The molecule has 0 radical (unpaired) electrons. The molecule has 0 saturated heterocycles. The Bertz CT molecular complexity index is 404. The summed E-state index contributed by atoms with van der Waals surface area (Å²) in [4.78, 5) is 22.3. The van der Waals surface area contributed by atoms with Crippen LogP contribution in [0.2, 0.25) is 0 Å². The Morgan fingerprint density at radius 1 is 1.33 bits per heavy atom. The van der Waals surface area contributed by atoms with E-state index in [1.807, 2.05) is 0 Å². The minimum Gasteiger partial charge on any atom is -0.462 e. The summed E-state index contributed by atoms with van der Waals surface area (Å²) in [7, 11) is 0. The van der Waals surface area contributed by atoms with Gasteiger partial charge in [0.05, 0.1) is 12.2 Å². The van der Waals surface area contributed by atoms with Crippen molar-refractivity contribution >= 4 is 27.8 Å². The molecule has 0 saturated carbocycles. The summed E-state index contributed by atoms with van der Waals surface area (Å²) in [5, 5.41) is 0. The van der Waals surface area contributed by atoms with Crippen molar-refractivity contribution in [2.75, 3.05) is 6.61 Å². The molecule has 0 unspecified atom stereocenters. The lowest BCUT2D eigenvalue weighted by Gasteiger charge is -2.04. The molecule has 2 N–H and O–H groups in total. The lowest BCUT2D eigenvalue weighted by molar-refractivity contribution is 0.0526. The molecule has 1 aromatic carbocycles. The number of hydrogen-bond donors (Lipinski definition) is 1. The second-order valence-electron chi connectivity index (χ2n) is 2.81. The van der Waals surface area contributed by atoms with Crippen molar-refractivity contribution in [2.45, 2.75) is 6.92 Å². The quantitative estimate of drug-likeness (QED) is 0.852. The Morgan fingerprint density at radius 3 is 2.47 bits per heavy atom. The maximum Gasteiger partial charge on any atom is 0.338 e. The van der Waals surface area contributed by atoms with Gasteiger partial charge in [-0.25, -0.2) is 4.79 Å². The predicted octanol–water partition coefficient (Wildman–Crippen LogP) is 1.72. The Labute approximate surface area is 95.5 Å². The number of carbonyl (C=O) groups is 2. The predicted molar refractivity (Wildman–Crippen MR) is 58.6 cm³/mol. The lowest BCUT2D eigenvalue weighted by atomic mass is 10.1. The SMILES string of the molecule is CCOC(=O)c1cc(Br)cc(C(N)=O)c1. The average Bonchev–Trinajstić information content (AvgIpc) is 2.17. The van der Waals surface area contributed by atoms with E-state index >= 15 is 0 Å². The van der Waals surface area contributed by atoms with Gasteiger partial charge in [-0.1, -0.05) is 15.9 Å². The first-order chi connectivity index (χ1) is 7.04. The van der Waals surface area contributed by atoms with Crippen molar-refractivity contribution < 1.29 is 14.3 Å². The molecule has 5 heteroatoms. The highest BCUT2D eigenvalue weighted by atomic mass is 79.9. The number of hydrogen-bond acceptors (Lipinski definition) is 3. The van der Waals surface area contributed by atoms with Gasteiger partial charge in [0, 0.05) is 10.0 Å². The van der Waals surface area contributed by atoms with Crippen molar-refractivity contribution in [3.8, 4) is 0 Å². The third-order valence-electron chi connectivity index (χ3n) is 1.69. The molecule has 0 aromatic heterocycles. The molecule has 0 fully saturated rings.